The van der Waals surface area contributed by atoms with E-state index in [4.69, 9.17) is 22.1 Å². The Morgan fingerprint density at radius 3 is 2.85 bits per heavy atom. The molecule has 106 valence electrons. The molecule has 20 heavy (non-hydrogen) atoms. The van der Waals surface area contributed by atoms with E-state index in [1.54, 1.807) is 11.3 Å². The summed E-state index contributed by atoms with van der Waals surface area (Å²) in [7, 11) is 0. The third-order valence-corrected chi connectivity index (χ3v) is 5.32. The first kappa shape index (κ1) is 13.9. The molecule has 0 spiro atoms. The van der Waals surface area contributed by atoms with E-state index >= 15 is 0 Å². The highest BCUT2D eigenvalue weighted by atomic mass is 35.5. The molecule has 4 heteroatoms. The monoisotopic (exact) mass is 307 g/mol. The molecule has 0 radical (unpaired) electrons. The number of hydrogen-bond donors (Lipinski definition) is 1. The minimum atomic E-state index is -0.000772. The van der Waals surface area contributed by atoms with Crippen LogP contribution >= 0.6 is 22.9 Å². The average molecular weight is 308 g/mol. The maximum atomic E-state index is 6.37. The summed E-state index contributed by atoms with van der Waals surface area (Å²) in [5.41, 5.74) is 10.0. The number of fused-ring (bicyclic) bond motifs is 1. The summed E-state index contributed by atoms with van der Waals surface area (Å²) in [6.45, 7) is 5.01. The average Bonchev–Trinajstić information content (AvgIpc) is 2.97. The van der Waals surface area contributed by atoms with E-state index in [1.165, 1.54) is 20.9 Å². The molecule has 2 heterocycles. The van der Waals surface area contributed by atoms with Gasteiger partial charge >= 0.3 is 0 Å². The summed E-state index contributed by atoms with van der Waals surface area (Å²) in [6, 6.07) is 6.17. The van der Waals surface area contributed by atoms with E-state index in [-0.39, 0.29) is 6.04 Å². The van der Waals surface area contributed by atoms with Crippen LogP contribution in [0.25, 0.3) is 0 Å². The molecule has 2 N–H and O–H groups in total. The molecule has 3 rings (SSSR count). The van der Waals surface area contributed by atoms with Crippen molar-refractivity contribution in [2.45, 2.75) is 32.7 Å². The topological polar surface area (TPSA) is 35.2 Å². The Kier molecular flexibility index (Phi) is 3.76. The maximum absolute atomic E-state index is 6.37. The number of ether oxygens (including phenoxy) is 1. The van der Waals surface area contributed by atoms with Gasteiger partial charge in [0.25, 0.3) is 0 Å². The largest absolute Gasteiger partial charge is 0.493 e. The second kappa shape index (κ2) is 5.40. The minimum Gasteiger partial charge on any atom is -0.493 e. The van der Waals surface area contributed by atoms with Gasteiger partial charge in [0.05, 0.1) is 6.61 Å². The van der Waals surface area contributed by atoms with Gasteiger partial charge in [-0.3, -0.25) is 0 Å². The van der Waals surface area contributed by atoms with Crippen LogP contribution in [0.2, 0.25) is 5.02 Å². The Morgan fingerprint density at radius 2 is 2.15 bits per heavy atom. The molecular formula is C16H18ClNOS. The van der Waals surface area contributed by atoms with Crippen molar-refractivity contribution in [2.24, 2.45) is 5.73 Å². The van der Waals surface area contributed by atoms with Crippen LogP contribution in [0.5, 0.6) is 5.75 Å². The molecule has 0 aliphatic carbocycles. The van der Waals surface area contributed by atoms with E-state index in [0.29, 0.717) is 0 Å². The standard InChI is InChI=1S/C16H18ClNOS/c1-9-5-15(20-10(9)2)14(18)8-12-7-13(17)6-11-3-4-19-16(11)12/h5-7,14H,3-4,8,18H2,1-2H3. The SMILES string of the molecule is Cc1cc(C(N)Cc2cc(Cl)cc3c2OCC3)sc1C. The van der Waals surface area contributed by atoms with E-state index in [2.05, 4.69) is 19.9 Å². The minimum absolute atomic E-state index is 0.000772. The molecule has 0 amide bonds. The highest BCUT2D eigenvalue weighted by molar-refractivity contribution is 7.12. The van der Waals surface area contributed by atoms with E-state index < -0.39 is 0 Å². The van der Waals surface area contributed by atoms with Gasteiger partial charge in [-0.15, -0.1) is 11.3 Å². The van der Waals surface area contributed by atoms with Crippen LogP contribution in [0.1, 0.15) is 32.5 Å². The lowest BCUT2D eigenvalue weighted by Gasteiger charge is -2.13. The van der Waals surface area contributed by atoms with Crippen LogP contribution in [-0.4, -0.2) is 6.61 Å². The number of hydrogen-bond acceptors (Lipinski definition) is 3. The fourth-order valence-corrected chi connectivity index (χ4v) is 3.93. The number of thiophene rings is 1. The summed E-state index contributed by atoms with van der Waals surface area (Å²) in [4.78, 5) is 2.56. The Hall–Kier alpha value is -1.03. The molecule has 1 aromatic carbocycles. The van der Waals surface area contributed by atoms with Crippen molar-refractivity contribution in [1.29, 1.82) is 0 Å². The molecule has 1 atom stereocenters. The zero-order chi connectivity index (χ0) is 14.3. The van der Waals surface area contributed by atoms with Crippen molar-refractivity contribution in [2.75, 3.05) is 6.61 Å². The van der Waals surface area contributed by atoms with E-state index in [1.807, 2.05) is 12.1 Å². The molecule has 1 aliphatic heterocycles. The normalized spacial score (nSPS) is 15.0. The molecule has 2 nitrogen and oxygen atoms in total. The van der Waals surface area contributed by atoms with Crippen LogP contribution < -0.4 is 10.5 Å². The molecule has 1 unspecified atom stereocenters. The zero-order valence-corrected chi connectivity index (χ0v) is 13.3. The van der Waals surface area contributed by atoms with Gasteiger partial charge in [0.15, 0.2) is 0 Å². The Balaban J connectivity index is 1.88. The highest BCUT2D eigenvalue weighted by Crippen LogP contribution is 2.36. The van der Waals surface area contributed by atoms with Crippen LogP contribution in [0.3, 0.4) is 0 Å². The van der Waals surface area contributed by atoms with Crippen molar-refractivity contribution in [3.05, 3.63) is 49.7 Å². The van der Waals surface area contributed by atoms with Crippen LogP contribution in [0, 0.1) is 13.8 Å². The third-order valence-electron chi connectivity index (χ3n) is 3.82. The number of benzene rings is 1. The van der Waals surface area contributed by atoms with Crippen LogP contribution in [-0.2, 0) is 12.8 Å². The Labute approximate surface area is 128 Å². The van der Waals surface area contributed by atoms with E-state index in [9.17, 15) is 0 Å². The maximum Gasteiger partial charge on any atom is 0.125 e. The first-order valence-electron chi connectivity index (χ1n) is 6.81. The predicted octanol–water partition coefficient (Wildman–Crippen LogP) is 4.20. The van der Waals surface area contributed by atoms with Crippen molar-refractivity contribution >= 4 is 22.9 Å². The van der Waals surface area contributed by atoms with Gasteiger partial charge < -0.3 is 10.5 Å². The lowest BCUT2D eigenvalue weighted by atomic mass is 10.0. The molecule has 2 aromatic rings. The second-order valence-corrected chi connectivity index (χ2v) is 7.07. The van der Waals surface area contributed by atoms with Crippen LogP contribution in [0.4, 0.5) is 0 Å². The Morgan fingerprint density at radius 1 is 1.35 bits per heavy atom. The summed E-state index contributed by atoms with van der Waals surface area (Å²) >= 11 is 7.97. The summed E-state index contributed by atoms with van der Waals surface area (Å²) in [5.74, 6) is 0.995. The number of halogens is 1. The molecule has 0 saturated carbocycles. The predicted molar refractivity (Wildman–Crippen MR) is 85.1 cm³/mol. The van der Waals surface area contributed by atoms with Gasteiger partial charge in [-0.2, -0.15) is 0 Å². The fraction of sp³-hybridized carbons (Fsp3) is 0.375. The molecule has 0 bridgehead atoms. The lowest BCUT2D eigenvalue weighted by Crippen LogP contribution is -2.12. The van der Waals surface area contributed by atoms with Gasteiger partial charge in [0.2, 0.25) is 0 Å². The van der Waals surface area contributed by atoms with Crippen molar-refractivity contribution in [3.63, 3.8) is 0 Å². The number of rotatable bonds is 3. The molecule has 1 aliphatic rings. The molecule has 0 fully saturated rings. The Bertz CT molecular complexity index is 631. The fourth-order valence-electron chi connectivity index (χ4n) is 2.62. The van der Waals surface area contributed by atoms with Crippen LogP contribution in [0.15, 0.2) is 18.2 Å². The second-order valence-electron chi connectivity index (χ2n) is 5.35. The van der Waals surface area contributed by atoms with Gasteiger partial charge in [-0.25, -0.2) is 0 Å². The quantitative estimate of drug-likeness (QED) is 0.922. The third kappa shape index (κ3) is 2.58. The van der Waals surface area contributed by atoms with Gasteiger partial charge in [-0.05, 0) is 55.2 Å². The summed E-state index contributed by atoms with van der Waals surface area (Å²) < 4.78 is 5.74. The van der Waals surface area contributed by atoms with Gasteiger partial charge in [-0.1, -0.05) is 11.6 Å². The van der Waals surface area contributed by atoms with Crippen molar-refractivity contribution in [3.8, 4) is 5.75 Å². The van der Waals surface area contributed by atoms with Crippen molar-refractivity contribution < 1.29 is 4.74 Å². The molecular weight excluding hydrogens is 290 g/mol. The van der Waals surface area contributed by atoms with Gasteiger partial charge in [0.1, 0.15) is 5.75 Å². The molecule has 0 saturated heterocycles. The van der Waals surface area contributed by atoms with E-state index in [0.717, 1.165) is 35.8 Å². The number of nitrogens with two attached hydrogens (primary N) is 1. The molecule has 1 aromatic heterocycles. The summed E-state index contributed by atoms with van der Waals surface area (Å²) in [5, 5.41) is 0.773. The van der Waals surface area contributed by atoms with Crippen molar-refractivity contribution in [1.82, 2.24) is 0 Å². The zero-order valence-electron chi connectivity index (χ0n) is 11.7. The van der Waals surface area contributed by atoms with Gasteiger partial charge in [0, 0.05) is 27.2 Å². The lowest BCUT2D eigenvalue weighted by molar-refractivity contribution is 0.352. The number of aryl methyl sites for hydroxylation is 2. The first-order valence-corrected chi connectivity index (χ1v) is 8.00. The highest BCUT2D eigenvalue weighted by Gasteiger charge is 2.20. The first-order chi connectivity index (χ1) is 9.54. The smallest absolute Gasteiger partial charge is 0.125 e. The summed E-state index contributed by atoms with van der Waals surface area (Å²) in [6.07, 6.45) is 1.71.